The first kappa shape index (κ1) is 19.3. The fourth-order valence-corrected chi connectivity index (χ4v) is 3.86. The Morgan fingerprint density at radius 1 is 1.34 bits per heavy atom. The van der Waals surface area contributed by atoms with Gasteiger partial charge in [-0.3, -0.25) is 19.5 Å². The van der Waals surface area contributed by atoms with Crippen molar-refractivity contribution in [2.75, 3.05) is 17.2 Å². The molecule has 8 nitrogen and oxygen atoms in total. The van der Waals surface area contributed by atoms with Crippen LogP contribution in [0.2, 0.25) is 0 Å². The van der Waals surface area contributed by atoms with Crippen molar-refractivity contribution in [3.8, 4) is 0 Å². The lowest BCUT2D eigenvalue weighted by molar-refractivity contribution is -0.116. The maximum absolute atomic E-state index is 11.7. The van der Waals surface area contributed by atoms with Crippen LogP contribution in [0.4, 0.5) is 11.5 Å². The number of amides is 1. The van der Waals surface area contributed by atoms with E-state index in [1.165, 1.54) is 0 Å². The number of nitrogens with one attached hydrogen (secondary N) is 3. The molecule has 3 N–H and O–H groups in total. The monoisotopic (exact) mass is 409 g/mol. The van der Waals surface area contributed by atoms with Gasteiger partial charge in [-0.1, -0.05) is 6.92 Å². The van der Waals surface area contributed by atoms with Gasteiger partial charge in [0.15, 0.2) is 12.0 Å². The molecule has 1 aromatic carbocycles. The molecule has 1 aromatic heterocycles. The Hall–Kier alpha value is -3.04. The first-order chi connectivity index (χ1) is 14.1. The molecule has 1 radical (unpaired) electrons. The van der Waals surface area contributed by atoms with E-state index in [-0.39, 0.29) is 5.91 Å². The summed E-state index contributed by atoms with van der Waals surface area (Å²) in [4.78, 5) is 19.3. The van der Waals surface area contributed by atoms with Gasteiger partial charge in [0.25, 0.3) is 11.7 Å². The Bertz CT molecular complexity index is 977. The number of benzene rings is 1. The zero-order valence-corrected chi connectivity index (χ0v) is 17.2. The standard InChI is InChI=1S/C20H23N7OS/c1-3-4-20(28)22-15-5-7-16(8-6-15)29-26-12-18-21-9-10-27(18)19(13-26)23-17-11-14(2)24-25-17/h5-11,13H,3-4,12H2,1-2H3,(H,22,28)(H2,23,24,25)/q+1. The molecule has 0 saturated heterocycles. The highest BCUT2D eigenvalue weighted by Gasteiger charge is 2.37. The topological polar surface area (TPSA) is 91.3 Å². The lowest BCUT2D eigenvalue weighted by Gasteiger charge is -2.24. The third kappa shape index (κ3) is 4.69. The second-order valence-electron chi connectivity index (χ2n) is 6.78. The average molecular weight is 410 g/mol. The Kier molecular flexibility index (Phi) is 5.68. The minimum Gasteiger partial charge on any atom is -0.326 e. The molecule has 0 spiro atoms. The molecule has 2 aliphatic heterocycles. The van der Waals surface area contributed by atoms with E-state index < -0.39 is 0 Å². The summed E-state index contributed by atoms with van der Waals surface area (Å²) >= 11 is 1.61. The molecule has 4 rings (SSSR count). The van der Waals surface area contributed by atoms with Crippen LogP contribution in [0.1, 0.15) is 25.5 Å². The number of rotatable bonds is 7. The summed E-state index contributed by atoms with van der Waals surface area (Å²) in [6.07, 6.45) is 7.14. The number of hydrogen-bond donors (Lipinski definition) is 3. The smallest absolute Gasteiger partial charge is 0.285 e. The SMILES string of the molecule is CCCC(=O)Nc1ccc(SN2C=C(Nc3cc(C)[nH]n3)[N+]3C=CN=C3C2)cc1. The van der Waals surface area contributed by atoms with E-state index in [2.05, 4.69) is 30.1 Å². The number of anilines is 2. The van der Waals surface area contributed by atoms with Crippen molar-refractivity contribution in [1.82, 2.24) is 19.4 Å². The van der Waals surface area contributed by atoms with E-state index in [1.807, 2.05) is 61.5 Å². The first-order valence-corrected chi connectivity index (χ1v) is 10.3. The van der Waals surface area contributed by atoms with Crippen molar-refractivity contribution in [1.29, 1.82) is 0 Å². The number of fused-ring (bicyclic) bond motifs is 1. The second-order valence-corrected chi connectivity index (χ2v) is 7.90. The molecule has 0 atom stereocenters. The maximum atomic E-state index is 11.7. The van der Waals surface area contributed by atoms with Crippen molar-refractivity contribution in [3.05, 3.63) is 60.4 Å². The zero-order valence-electron chi connectivity index (χ0n) is 16.3. The van der Waals surface area contributed by atoms with Gasteiger partial charge in [0, 0.05) is 28.8 Å². The minimum atomic E-state index is 0.0445. The molecule has 0 saturated carbocycles. The van der Waals surface area contributed by atoms with Gasteiger partial charge in [0.1, 0.15) is 6.54 Å². The summed E-state index contributed by atoms with van der Waals surface area (Å²) in [5.74, 6) is 2.62. The van der Waals surface area contributed by atoms with Gasteiger partial charge in [-0.05, 0) is 54.5 Å². The molecule has 9 heteroatoms. The van der Waals surface area contributed by atoms with E-state index >= 15 is 0 Å². The van der Waals surface area contributed by atoms with Crippen LogP contribution < -0.4 is 15.5 Å². The Labute approximate surface area is 173 Å². The molecule has 149 valence electrons. The van der Waals surface area contributed by atoms with E-state index in [9.17, 15) is 4.79 Å². The zero-order chi connectivity index (χ0) is 20.2. The predicted molar refractivity (Wildman–Crippen MR) is 116 cm³/mol. The van der Waals surface area contributed by atoms with Crippen LogP contribution in [0.25, 0.3) is 0 Å². The normalized spacial score (nSPS) is 15.7. The summed E-state index contributed by atoms with van der Waals surface area (Å²) < 4.78 is 2.12. The molecule has 1 amide bonds. The van der Waals surface area contributed by atoms with Gasteiger partial charge < -0.3 is 5.32 Å². The Balaban J connectivity index is 1.45. The summed E-state index contributed by atoms with van der Waals surface area (Å²) in [7, 11) is 0. The van der Waals surface area contributed by atoms with E-state index in [0.29, 0.717) is 13.0 Å². The first-order valence-electron chi connectivity index (χ1n) is 9.48. The number of carbonyl (C=O) groups is 1. The highest BCUT2D eigenvalue weighted by Crippen LogP contribution is 2.29. The quantitative estimate of drug-likeness (QED) is 0.479. The number of aromatic nitrogens is 2. The van der Waals surface area contributed by atoms with Crippen LogP contribution in [0.3, 0.4) is 0 Å². The van der Waals surface area contributed by atoms with Crippen LogP contribution in [0, 0.1) is 6.92 Å². The number of aromatic amines is 1. The lowest BCUT2D eigenvalue weighted by atomic mass is 10.3. The number of amidine groups is 1. The van der Waals surface area contributed by atoms with Crippen molar-refractivity contribution in [2.24, 2.45) is 4.99 Å². The van der Waals surface area contributed by atoms with Crippen LogP contribution in [-0.4, -0.2) is 32.8 Å². The third-order valence-corrected chi connectivity index (χ3v) is 5.29. The molecular formula is C20H23N7OS+. The number of H-pyrrole nitrogens is 1. The lowest BCUT2D eigenvalue weighted by Crippen LogP contribution is -2.42. The van der Waals surface area contributed by atoms with Crippen LogP contribution in [-0.2, 0) is 4.79 Å². The molecular weight excluding hydrogens is 386 g/mol. The summed E-state index contributed by atoms with van der Waals surface area (Å²) in [6.45, 7) is 4.64. The largest absolute Gasteiger partial charge is 0.326 e. The van der Waals surface area contributed by atoms with Crippen molar-refractivity contribution >= 4 is 35.2 Å². The van der Waals surface area contributed by atoms with Crippen molar-refractivity contribution in [2.45, 2.75) is 31.6 Å². The summed E-state index contributed by atoms with van der Waals surface area (Å²) in [5.41, 5.74) is 1.81. The van der Waals surface area contributed by atoms with Crippen molar-refractivity contribution in [3.63, 3.8) is 0 Å². The Morgan fingerprint density at radius 3 is 2.90 bits per heavy atom. The fraction of sp³-hybridized carbons (Fsp3) is 0.250. The molecule has 0 aliphatic carbocycles. The van der Waals surface area contributed by atoms with Crippen LogP contribution >= 0.6 is 11.9 Å². The maximum Gasteiger partial charge on any atom is 0.285 e. The predicted octanol–water partition coefficient (Wildman–Crippen LogP) is 3.71. The molecule has 3 heterocycles. The van der Waals surface area contributed by atoms with Crippen LogP contribution in [0.15, 0.2) is 64.6 Å². The summed E-state index contributed by atoms with van der Waals surface area (Å²) in [5, 5.41) is 13.4. The molecule has 0 fully saturated rings. The molecule has 0 unspecified atom stereocenters. The van der Waals surface area contributed by atoms with Gasteiger partial charge in [0.2, 0.25) is 5.91 Å². The highest BCUT2D eigenvalue weighted by atomic mass is 32.2. The number of nitrogens with zero attached hydrogens (tertiary/aromatic N) is 4. The number of carbonyl (C=O) groups excluding carboxylic acids is 1. The van der Waals surface area contributed by atoms with Gasteiger partial charge in [-0.15, -0.1) is 0 Å². The average Bonchev–Trinajstić information content (AvgIpc) is 3.32. The van der Waals surface area contributed by atoms with Crippen LogP contribution in [0.5, 0.6) is 0 Å². The third-order valence-electron chi connectivity index (χ3n) is 4.34. The molecule has 29 heavy (non-hydrogen) atoms. The van der Waals surface area contributed by atoms with E-state index in [0.717, 1.165) is 40.2 Å². The van der Waals surface area contributed by atoms with E-state index in [4.69, 9.17) is 0 Å². The number of hydrogen-bond acceptors (Lipinski definition) is 7. The molecule has 0 bridgehead atoms. The fourth-order valence-electron chi connectivity index (χ4n) is 3.00. The minimum absolute atomic E-state index is 0.0445. The van der Waals surface area contributed by atoms with E-state index in [1.54, 1.807) is 18.1 Å². The van der Waals surface area contributed by atoms with Gasteiger partial charge in [-0.2, -0.15) is 10.1 Å². The van der Waals surface area contributed by atoms with Gasteiger partial charge in [-0.25, -0.2) is 0 Å². The molecule has 2 aliphatic rings. The van der Waals surface area contributed by atoms with Crippen molar-refractivity contribution < 1.29 is 4.79 Å². The number of aliphatic imine (C=N–C) groups is 1. The second kappa shape index (κ2) is 8.54. The number of aryl methyl sites for hydroxylation is 1. The van der Waals surface area contributed by atoms with Gasteiger partial charge in [0.05, 0.1) is 12.4 Å². The summed E-state index contributed by atoms with van der Waals surface area (Å²) in [6, 6.07) is 9.82. The Morgan fingerprint density at radius 2 is 2.17 bits per heavy atom. The highest BCUT2D eigenvalue weighted by molar-refractivity contribution is 7.97. The molecule has 2 aromatic rings. The van der Waals surface area contributed by atoms with Gasteiger partial charge >= 0.3 is 0 Å².